The van der Waals surface area contributed by atoms with Crippen LogP contribution in [0.2, 0.25) is 5.15 Å². The Bertz CT molecular complexity index is 1280. The minimum atomic E-state index is -4.11. The number of carbonyl (C=O) groups excluding carboxylic acids is 1. The Morgan fingerprint density at radius 3 is 2.55 bits per heavy atom. The van der Waals surface area contributed by atoms with Gasteiger partial charge in [-0.1, -0.05) is 17.7 Å². The Labute approximate surface area is 196 Å². The number of hydrogen-bond donors (Lipinski definition) is 0. The van der Waals surface area contributed by atoms with Gasteiger partial charge in [0.15, 0.2) is 5.03 Å². The maximum absolute atomic E-state index is 14.3. The van der Waals surface area contributed by atoms with E-state index in [0.29, 0.717) is 0 Å². The number of nitrogens with zero attached hydrogens (tertiary/aromatic N) is 4. The molecular weight excluding hydrogens is 471 g/mol. The molecule has 0 N–H and O–H groups in total. The number of halogens is 2. The zero-order valence-corrected chi connectivity index (χ0v) is 20.4. The van der Waals surface area contributed by atoms with Crippen molar-refractivity contribution in [2.45, 2.75) is 49.8 Å². The third-order valence-corrected chi connectivity index (χ3v) is 6.51. The minimum absolute atomic E-state index is 0.0301. The highest BCUT2D eigenvalue weighted by molar-refractivity contribution is 7.91. The second-order valence-corrected chi connectivity index (χ2v) is 10.7. The Morgan fingerprint density at radius 2 is 1.94 bits per heavy atom. The van der Waals surface area contributed by atoms with Gasteiger partial charge in [-0.15, -0.1) is 0 Å². The highest BCUT2D eigenvalue weighted by Crippen LogP contribution is 2.27. The highest BCUT2D eigenvalue weighted by atomic mass is 35.5. The molecule has 176 valence electrons. The largest absolute Gasteiger partial charge is 0.444 e. The number of amides is 1. The van der Waals surface area contributed by atoms with E-state index in [0.717, 1.165) is 10.9 Å². The molecule has 0 saturated heterocycles. The van der Waals surface area contributed by atoms with E-state index in [9.17, 15) is 17.6 Å². The standard InChI is InChI=1S/C22H24ClFN4O4S/c1-14-17(24)7-6-8-18(14)28-20(33(30,31)16-9-10-19(23)25-12-16)11-15(26-28)13-27(5)21(29)32-22(2,3)4/h6-12H,13H2,1-5H3. The molecule has 0 saturated carbocycles. The van der Waals surface area contributed by atoms with E-state index < -0.39 is 27.3 Å². The van der Waals surface area contributed by atoms with Gasteiger partial charge in [-0.2, -0.15) is 5.10 Å². The molecular formula is C22H24ClFN4O4S. The van der Waals surface area contributed by atoms with Gasteiger partial charge in [-0.05, 0) is 52.0 Å². The van der Waals surface area contributed by atoms with Crippen LogP contribution in [0.5, 0.6) is 0 Å². The summed E-state index contributed by atoms with van der Waals surface area (Å²) in [4.78, 5) is 17.4. The summed E-state index contributed by atoms with van der Waals surface area (Å²) in [5, 5.41) is 4.33. The lowest BCUT2D eigenvalue weighted by atomic mass is 10.2. The number of benzene rings is 1. The lowest BCUT2D eigenvalue weighted by molar-refractivity contribution is 0.0283. The molecule has 0 aliphatic carbocycles. The van der Waals surface area contributed by atoms with Crippen molar-refractivity contribution in [1.29, 1.82) is 0 Å². The first-order valence-corrected chi connectivity index (χ1v) is 11.8. The molecule has 0 aliphatic rings. The fourth-order valence-corrected chi connectivity index (χ4v) is 4.42. The average molecular weight is 495 g/mol. The SMILES string of the molecule is Cc1c(F)cccc1-n1nc(CN(C)C(=O)OC(C)(C)C)cc1S(=O)(=O)c1ccc(Cl)nc1. The van der Waals surface area contributed by atoms with E-state index >= 15 is 0 Å². The first-order chi connectivity index (χ1) is 15.3. The monoisotopic (exact) mass is 494 g/mol. The van der Waals surface area contributed by atoms with E-state index in [4.69, 9.17) is 16.3 Å². The van der Waals surface area contributed by atoms with Gasteiger partial charge >= 0.3 is 6.09 Å². The van der Waals surface area contributed by atoms with Gasteiger partial charge in [0.05, 0.1) is 22.8 Å². The topological polar surface area (TPSA) is 94.4 Å². The zero-order valence-electron chi connectivity index (χ0n) is 18.8. The van der Waals surface area contributed by atoms with Crippen molar-refractivity contribution in [3.05, 3.63) is 64.8 Å². The molecule has 3 rings (SSSR count). The summed E-state index contributed by atoms with van der Waals surface area (Å²) in [6.45, 7) is 6.72. The number of hydrogen-bond acceptors (Lipinski definition) is 6. The third-order valence-electron chi connectivity index (χ3n) is 4.58. The summed E-state index contributed by atoms with van der Waals surface area (Å²) < 4.78 is 47.6. The molecule has 3 aromatic rings. The molecule has 2 heterocycles. The predicted molar refractivity (Wildman–Crippen MR) is 121 cm³/mol. The molecule has 2 aromatic heterocycles. The van der Waals surface area contributed by atoms with E-state index in [2.05, 4.69) is 10.1 Å². The fourth-order valence-electron chi connectivity index (χ4n) is 2.97. The van der Waals surface area contributed by atoms with Crippen LogP contribution in [0.25, 0.3) is 5.69 Å². The van der Waals surface area contributed by atoms with Crippen molar-refractivity contribution >= 4 is 27.5 Å². The van der Waals surface area contributed by atoms with Crippen LogP contribution in [0.4, 0.5) is 9.18 Å². The molecule has 0 bridgehead atoms. The lowest BCUT2D eigenvalue weighted by Gasteiger charge is -2.24. The second-order valence-electron chi connectivity index (χ2n) is 8.43. The third kappa shape index (κ3) is 5.51. The Kier molecular flexibility index (Phi) is 6.80. The van der Waals surface area contributed by atoms with Gasteiger partial charge in [-0.3, -0.25) is 0 Å². The lowest BCUT2D eigenvalue weighted by Crippen LogP contribution is -2.33. The maximum Gasteiger partial charge on any atom is 0.410 e. The summed E-state index contributed by atoms with van der Waals surface area (Å²) >= 11 is 5.80. The van der Waals surface area contributed by atoms with Crippen molar-refractivity contribution in [2.75, 3.05) is 7.05 Å². The van der Waals surface area contributed by atoms with Crippen molar-refractivity contribution in [3.63, 3.8) is 0 Å². The number of carbonyl (C=O) groups is 1. The molecule has 1 amide bonds. The Hall–Kier alpha value is -2.98. The van der Waals surface area contributed by atoms with Gasteiger partial charge in [0.2, 0.25) is 9.84 Å². The highest BCUT2D eigenvalue weighted by Gasteiger charge is 2.28. The first-order valence-electron chi connectivity index (χ1n) is 9.95. The van der Waals surface area contributed by atoms with Crippen LogP contribution in [-0.2, 0) is 21.1 Å². The van der Waals surface area contributed by atoms with Crippen LogP contribution in [0.3, 0.4) is 0 Å². The number of aromatic nitrogens is 3. The minimum Gasteiger partial charge on any atom is -0.444 e. The van der Waals surface area contributed by atoms with Gasteiger partial charge in [0.25, 0.3) is 0 Å². The summed E-state index contributed by atoms with van der Waals surface area (Å²) in [5.74, 6) is -0.507. The summed E-state index contributed by atoms with van der Waals surface area (Å²) in [5.41, 5.74) is 0.0481. The molecule has 8 nitrogen and oxygen atoms in total. The van der Waals surface area contributed by atoms with Crippen molar-refractivity contribution in [2.24, 2.45) is 0 Å². The van der Waals surface area contributed by atoms with Crippen molar-refractivity contribution in [1.82, 2.24) is 19.7 Å². The molecule has 0 atom stereocenters. The van der Waals surface area contributed by atoms with Crippen LogP contribution >= 0.6 is 11.6 Å². The van der Waals surface area contributed by atoms with E-state index in [1.807, 2.05) is 0 Å². The molecule has 0 radical (unpaired) electrons. The molecule has 0 fully saturated rings. The van der Waals surface area contributed by atoms with Gasteiger partial charge in [-0.25, -0.2) is 27.3 Å². The normalized spacial score (nSPS) is 12.0. The quantitative estimate of drug-likeness (QED) is 0.482. The Balaban J connectivity index is 2.10. The Morgan fingerprint density at radius 1 is 1.24 bits per heavy atom. The van der Waals surface area contributed by atoms with Crippen LogP contribution in [-0.4, -0.2) is 46.8 Å². The summed E-state index contributed by atoms with van der Waals surface area (Å²) in [6, 6.07) is 8.33. The smallest absolute Gasteiger partial charge is 0.410 e. The van der Waals surface area contributed by atoms with Crippen molar-refractivity contribution < 1.29 is 22.3 Å². The molecule has 1 aromatic carbocycles. The predicted octanol–water partition coefficient (Wildman–Crippen LogP) is 4.57. The van der Waals surface area contributed by atoms with Gasteiger partial charge in [0, 0.05) is 24.9 Å². The maximum atomic E-state index is 14.3. The zero-order chi connectivity index (χ0) is 24.6. The molecule has 33 heavy (non-hydrogen) atoms. The fraction of sp³-hybridized carbons (Fsp3) is 0.318. The van der Waals surface area contributed by atoms with E-state index in [-0.39, 0.29) is 38.6 Å². The van der Waals surface area contributed by atoms with Crippen LogP contribution in [0.15, 0.2) is 52.5 Å². The van der Waals surface area contributed by atoms with Crippen LogP contribution in [0, 0.1) is 12.7 Å². The first kappa shape index (κ1) is 24.7. The van der Waals surface area contributed by atoms with Crippen molar-refractivity contribution in [3.8, 4) is 5.69 Å². The summed E-state index contributed by atoms with van der Waals surface area (Å²) in [6.07, 6.45) is 0.547. The van der Waals surface area contributed by atoms with Crippen LogP contribution in [0.1, 0.15) is 32.0 Å². The van der Waals surface area contributed by atoms with E-state index in [1.165, 1.54) is 49.2 Å². The number of sulfone groups is 1. The average Bonchev–Trinajstić information content (AvgIpc) is 3.13. The molecule has 0 aliphatic heterocycles. The number of pyridine rings is 1. The van der Waals surface area contributed by atoms with E-state index in [1.54, 1.807) is 26.8 Å². The molecule has 0 spiro atoms. The van der Waals surface area contributed by atoms with Crippen LogP contribution < -0.4 is 0 Å². The second kappa shape index (κ2) is 9.11. The summed E-state index contributed by atoms with van der Waals surface area (Å²) in [7, 11) is -2.59. The molecule has 0 unspecified atom stereocenters. The van der Waals surface area contributed by atoms with Gasteiger partial charge in [0.1, 0.15) is 16.6 Å². The van der Waals surface area contributed by atoms with Gasteiger partial charge < -0.3 is 9.64 Å². The number of ether oxygens (including phenoxy) is 1. The number of rotatable bonds is 5. The molecule has 11 heteroatoms.